The van der Waals surface area contributed by atoms with Crippen LogP contribution in [0.15, 0.2) is 42.5 Å². The normalized spacial score (nSPS) is 22.8. The molecule has 2 fully saturated rings. The smallest absolute Gasteiger partial charge is 0.219 e. The maximum absolute atomic E-state index is 14.2. The average Bonchev–Trinajstić information content (AvgIpc) is 2.99. The molecule has 196 valence electrons. The van der Waals surface area contributed by atoms with Crippen molar-refractivity contribution >= 4 is 11.6 Å². The van der Waals surface area contributed by atoms with Gasteiger partial charge in [0.15, 0.2) is 0 Å². The predicted octanol–water partition coefficient (Wildman–Crippen LogP) is 2.75. The highest BCUT2D eigenvalue weighted by Gasteiger charge is 2.41. The van der Waals surface area contributed by atoms with Gasteiger partial charge in [0.05, 0.1) is 17.8 Å². The first-order chi connectivity index (χ1) is 17.1. The fraction of sp³-hybridized carbons (Fsp3) is 0.536. The highest BCUT2D eigenvalue weighted by Crippen LogP contribution is 2.30. The molecule has 2 heterocycles. The molecule has 0 aromatic heterocycles. The summed E-state index contributed by atoms with van der Waals surface area (Å²) in [5.41, 5.74) is 0.591. The number of benzene rings is 2. The number of carbonyl (C=O) groups excluding carboxylic acids is 1. The van der Waals surface area contributed by atoms with Crippen molar-refractivity contribution in [2.24, 2.45) is 0 Å². The number of ether oxygens (including phenoxy) is 1. The Labute approximate surface area is 213 Å². The molecule has 2 saturated heterocycles. The molecule has 2 N–H and O–H groups in total. The van der Waals surface area contributed by atoms with Gasteiger partial charge in [-0.25, -0.2) is 4.39 Å². The first-order valence-corrected chi connectivity index (χ1v) is 12.7. The van der Waals surface area contributed by atoms with Crippen LogP contribution in [0.25, 0.3) is 0 Å². The molecule has 2 aliphatic heterocycles. The van der Waals surface area contributed by atoms with Gasteiger partial charge in [-0.15, -0.1) is 0 Å². The number of rotatable bonds is 6. The number of para-hydroxylation sites is 1. The summed E-state index contributed by atoms with van der Waals surface area (Å²) in [6.07, 6.45) is 0.984. The summed E-state index contributed by atoms with van der Waals surface area (Å²) in [4.78, 5) is 17.9. The fourth-order valence-corrected chi connectivity index (χ4v) is 5.20. The third-order valence-corrected chi connectivity index (χ3v) is 7.53. The lowest BCUT2D eigenvalue weighted by Crippen LogP contribution is -2.56. The van der Waals surface area contributed by atoms with Crippen LogP contribution in [-0.4, -0.2) is 89.5 Å². The van der Waals surface area contributed by atoms with Crippen molar-refractivity contribution < 1.29 is 24.1 Å². The number of hydrogen-bond acceptors (Lipinski definition) is 6. The lowest BCUT2D eigenvalue weighted by Gasteiger charge is -2.42. The van der Waals surface area contributed by atoms with Gasteiger partial charge in [-0.2, -0.15) is 0 Å². The van der Waals surface area contributed by atoms with E-state index < -0.39 is 11.2 Å². The zero-order chi connectivity index (χ0) is 25.9. The van der Waals surface area contributed by atoms with Gasteiger partial charge in [-0.1, -0.05) is 18.2 Å². The van der Waals surface area contributed by atoms with Gasteiger partial charge >= 0.3 is 0 Å². The Morgan fingerprint density at radius 1 is 0.972 bits per heavy atom. The highest BCUT2D eigenvalue weighted by molar-refractivity contribution is 5.73. The molecule has 36 heavy (non-hydrogen) atoms. The van der Waals surface area contributed by atoms with Gasteiger partial charge in [0.2, 0.25) is 5.91 Å². The van der Waals surface area contributed by atoms with E-state index in [1.807, 2.05) is 47.9 Å². The molecular formula is C28H38FN3O4. The first kappa shape index (κ1) is 26.4. The number of aliphatic hydroxyl groups is 2. The van der Waals surface area contributed by atoms with E-state index in [0.717, 1.165) is 5.56 Å². The summed E-state index contributed by atoms with van der Waals surface area (Å²) in [5.74, 6) is 0.322. The Kier molecular flexibility index (Phi) is 7.87. The van der Waals surface area contributed by atoms with Crippen molar-refractivity contribution in [3.63, 3.8) is 0 Å². The van der Waals surface area contributed by atoms with Crippen LogP contribution in [0.5, 0.6) is 5.75 Å². The topological polar surface area (TPSA) is 76.5 Å². The lowest BCUT2D eigenvalue weighted by molar-refractivity contribution is -0.132. The number of anilines is 1. The Morgan fingerprint density at radius 2 is 1.69 bits per heavy atom. The molecule has 0 saturated carbocycles. The van der Waals surface area contributed by atoms with Gasteiger partial charge in [0.25, 0.3) is 0 Å². The average molecular weight is 500 g/mol. The van der Waals surface area contributed by atoms with Crippen LogP contribution in [0, 0.1) is 19.7 Å². The number of nitrogens with zero attached hydrogens (tertiary/aromatic N) is 3. The number of hydrogen-bond donors (Lipinski definition) is 2. The van der Waals surface area contributed by atoms with E-state index in [0.29, 0.717) is 57.0 Å². The molecule has 0 spiro atoms. The van der Waals surface area contributed by atoms with Crippen LogP contribution < -0.4 is 9.64 Å². The van der Waals surface area contributed by atoms with E-state index in [1.54, 1.807) is 17.0 Å². The summed E-state index contributed by atoms with van der Waals surface area (Å²) in [6.45, 7) is 8.52. The van der Waals surface area contributed by atoms with Crippen molar-refractivity contribution in [1.29, 1.82) is 0 Å². The van der Waals surface area contributed by atoms with Crippen LogP contribution in [-0.2, 0) is 4.79 Å². The number of carbonyl (C=O) groups is 1. The van der Waals surface area contributed by atoms with Crippen LogP contribution >= 0.6 is 0 Å². The Bertz CT molecular complexity index is 1070. The SMILES string of the molecule is CC(=O)N1CCN(CC2(O)CCN(c3ccccc3F)CC2)C[C@](O)(COc2ccc(C)c(C)c2)C1. The zero-order valence-electron chi connectivity index (χ0n) is 21.5. The van der Waals surface area contributed by atoms with Gasteiger partial charge in [-0.05, 0) is 62.1 Å². The van der Waals surface area contributed by atoms with E-state index in [-0.39, 0.29) is 31.4 Å². The molecule has 2 aromatic carbocycles. The number of halogens is 1. The van der Waals surface area contributed by atoms with Crippen molar-refractivity contribution in [3.8, 4) is 5.75 Å². The standard InChI is InChI=1S/C28H38FN3O4/c1-21-8-9-24(16-22(21)2)36-20-28(35)18-30(14-15-32(19-28)23(3)33)17-27(34)10-12-31(13-11-27)26-7-5-4-6-25(26)29/h4-9,16,34-35H,10-15,17-20H2,1-3H3/t28-/m1/s1. The van der Waals surface area contributed by atoms with Gasteiger partial charge in [-0.3, -0.25) is 9.69 Å². The van der Waals surface area contributed by atoms with Crippen molar-refractivity contribution in [1.82, 2.24) is 9.80 Å². The second kappa shape index (κ2) is 10.7. The number of piperidine rings is 1. The minimum atomic E-state index is -1.29. The largest absolute Gasteiger partial charge is 0.490 e. The lowest BCUT2D eigenvalue weighted by atomic mass is 9.90. The third-order valence-electron chi connectivity index (χ3n) is 7.53. The first-order valence-electron chi connectivity index (χ1n) is 12.7. The third kappa shape index (κ3) is 6.35. The van der Waals surface area contributed by atoms with Crippen molar-refractivity contribution in [3.05, 3.63) is 59.4 Å². The fourth-order valence-electron chi connectivity index (χ4n) is 5.20. The molecule has 1 amide bonds. The molecule has 0 radical (unpaired) electrons. The monoisotopic (exact) mass is 499 g/mol. The van der Waals surface area contributed by atoms with E-state index >= 15 is 0 Å². The maximum atomic E-state index is 14.2. The minimum Gasteiger partial charge on any atom is -0.490 e. The van der Waals surface area contributed by atoms with E-state index in [2.05, 4.69) is 0 Å². The zero-order valence-corrected chi connectivity index (χ0v) is 21.5. The quantitative estimate of drug-likeness (QED) is 0.637. The highest BCUT2D eigenvalue weighted by atomic mass is 19.1. The van der Waals surface area contributed by atoms with Crippen molar-refractivity contribution in [2.45, 2.75) is 44.8 Å². The van der Waals surface area contributed by atoms with Crippen molar-refractivity contribution in [2.75, 3.05) is 57.3 Å². The predicted molar refractivity (Wildman–Crippen MR) is 138 cm³/mol. The van der Waals surface area contributed by atoms with Gasteiger partial charge in [0, 0.05) is 46.2 Å². The molecule has 2 aliphatic rings. The second-order valence-corrected chi connectivity index (χ2v) is 10.6. The molecule has 0 aliphatic carbocycles. The van der Waals surface area contributed by atoms with E-state index in [1.165, 1.54) is 18.6 Å². The van der Waals surface area contributed by atoms with Crippen LogP contribution in [0.1, 0.15) is 30.9 Å². The molecule has 0 bridgehead atoms. The second-order valence-electron chi connectivity index (χ2n) is 10.6. The maximum Gasteiger partial charge on any atom is 0.219 e. The van der Waals surface area contributed by atoms with Crippen LogP contribution in [0.3, 0.4) is 0 Å². The molecule has 1 atom stereocenters. The molecule has 8 heteroatoms. The summed E-state index contributed by atoms with van der Waals surface area (Å²) < 4.78 is 20.2. The minimum absolute atomic E-state index is 0.0370. The number of β-amino-alcohol motifs (C(OH)–C–C–N with tert-alkyl or cyclic N) is 2. The summed E-state index contributed by atoms with van der Waals surface area (Å²) >= 11 is 0. The summed E-state index contributed by atoms with van der Waals surface area (Å²) in [7, 11) is 0. The van der Waals surface area contributed by atoms with Crippen LogP contribution in [0.2, 0.25) is 0 Å². The Hall–Kier alpha value is -2.68. The van der Waals surface area contributed by atoms with E-state index in [9.17, 15) is 19.4 Å². The molecule has 7 nitrogen and oxygen atoms in total. The Balaban J connectivity index is 1.42. The summed E-state index contributed by atoms with van der Waals surface area (Å²) in [6, 6.07) is 12.5. The molecular weight excluding hydrogens is 461 g/mol. The van der Waals surface area contributed by atoms with Crippen LogP contribution in [0.4, 0.5) is 10.1 Å². The van der Waals surface area contributed by atoms with Gasteiger partial charge in [0.1, 0.15) is 23.8 Å². The number of amides is 1. The molecule has 2 aromatic rings. The van der Waals surface area contributed by atoms with Gasteiger partial charge < -0.3 is 24.7 Å². The summed E-state index contributed by atoms with van der Waals surface area (Å²) in [5, 5.41) is 23.0. The van der Waals surface area contributed by atoms with E-state index in [4.69, 9.17) is 4.74 Å². The molecule has 4 rings (SSSR count). The molecule has 0 unspecified atom stereocenters. The Morgan fingerprint density at radius 3 is 2.36 bits per heavy atom. The number of aryl methyl sites for hydroxylation is 2.